The Kier molecular flexibility index (Phi) is 4.62. The third kappa shape index (κ3) is 3.83. The molecule has 3 rings (SSSR count). The molecule has 0 atom stereocenters. The summed E-state index contributed by atoms with van der Waals surface area (Å²) in [5.74, 6) is 0.650. The number of oxime groups is 1. The van der Waals surface area contributed by atoms with Gasteiger partial charge < -0.3 is 9.36 Å². The van der Waals surface area contributed by atoms with Crippen LogP contribution >= 0.6 is 0 Å². The van der Waals surface area contributed by atoms with Gasteiger partial charge in [0.2, 0.25) is 0 Å². The first-order valence-electron chi connectivity index (χ1n) is 7.13. The van der Waals surface area contributed by atoms with Gasteiger partial charge in [-0.25, -0.2) is 0 Å². The molecule has 1 aromatic heterocycles. The average molecular weight is 323 g/mol. The standard InChI is InChI=1S/C17H13N3O4/c21-20(22)16-8-4-5-13(9-16)11-18-23-12-15-10-17(24-19-15)14-6-2-1-3-7-14/h1-11H,12H2/b18-11-. The van der Waals surface area contributed by atoms with E-state index in [9.17, 15) is 10.1 Å². The Balaban J connectivity index is 1.58. The quantitative estimate of drug-likeness (QED) is 0.391. The first-order valence-corrected chi connectivity index (χ1v) is 7.13. The van der Waals surface area contributed by atoms with E-state index < -0.39 is 4.92 Å². The molecule has 3 aromatic rings. The number of hydrogen-bond donors (Lipinski definition) is 0. The summed E-state index contributed by atoms with van der Waals surface area (Å²) in [5.41, 5.74) is 2.11. The van der Waals surface area contributed by atoms with E-state index in [2.05, 4.69) is 10.3 Å². The first kappa shape index (κ1) is 15.4. The molecule has 0 aliphatic rings. The van der Waals surface area contributed by atoms with Crippen molar-refractivity contribution in [2.24, 2.45) is 5.16 Å². The van der Waals surface area contributed by atoms with Crippen molar-refractivity contribution in [1.29, 1.82) is 0 Å². The van der Waals surface area contributed by atoms with Crippen LogP contribution < -0.4 is 0 Å². The molecule has 7 nitrogen and oxygen atoms in total. The Morgan fingerprint density at radius 2 is 2.00 bits per heavy atom. The summed E-state index contributed by atoms with van der Waals surface area (Å²) in [6.07, 6.45) is 1.41. The molecular weight excluding hydrogens is 310 g/mol. The van der Waals surface area contributed by atoms with Crippen molar-refractivity contribution >= 4 is 11.9 Å². The Bertz CT molecular complexity index is 859. The van der Waals surface area contributed by atoms with Gasteiger partial charge in [0.15, 0.2) is 12.4 Å². The van der Waals surface area contributed by atoms with Gasteiger partial charge in [-0.2, -0.15) is 0 Å². The highest BCUT2D eigenvalue weighted by molar-refractivity contribution is 5.80. The summed E-state index contributed by atoms with van der Waals surface area (Å²) in [4.78, 5) is 15.4. The van der Waals surface area contributed by atoms with Crippen molar-refractivity contribution in [3.63, 3.8) is 0 Å². The van der Waals surface area contributed by atoms with Gasteiger partial charge in [-0.3, -0.25) is 10.1 Å². The highest BCUT2D eigenvalue weighted by atomic mass is 16.6. The Morgan fingerprint density at radius 1 is 1.17 bits per heavy atom. The number of non-ortho nitro benzene ring substituents is 1. The van der Waals surface area contributed by atoms with Gasteiger partial charge in [-0.05, 0) is 0 Å². The van der Waals surface area contributed by atoms with Gasteiger partial charge in [0.1, 0.15) is 5.69 Å². The van der Waals surface area contributed by atoms with Crippen molar-refractivity contribution in [2.45, 2.75) is 6.61 Å². The van der Waals surface area contributed by atoms with Crippen LogP contribution in [0.1, 0.15) is 11.3 Å². The van der Waals surface area contributed by atoms with Crippen LogP contribution in [-0.4, -0.2) is 16.3 Å². The number of benzene rings is 2. The third-order valence-corrected chi connectivity index (χ3v) is 3.19. The minimum absolute atomic E-state index is 0.00274. The average Bonchev–Trinajstić information content (AvgIpc) is 3.09. The smallest absolute Gasteiger partial charge is 0.270 e. The Labute approximate surface area is 137 Å². The predicted octanol–water partition coefficient (Wildman–Crippen LogP) is 3.80. The van der Waals surface area contributed by atoms with Gasteiger partial charge in [0, 0.05) is 29.3 Å². The maximum Gasteiger partial charge on any atom is 0.270 e. The van der Waals surface area contributed by atoms with E-state index in [1.54, 1.807) is 18.2 Å². The second-order valence-electron chi connectivity index (χ2n) is 4.91. The molecule has 0 aliphatic heterocycles. The molecule has 0 unspecified atom stereocenters. The van der Waals surface area contributed by atoms with Crippen LogP contribution in [0.4, 0.5) is 5.69 Å². The van der Waals surface area contributed by atoms with Gasteiger partial charge in [-0.1, -0.05) is 52.8 Å². The molecule has 120 valence electrons. The molecule has 0 spiro atoms. The summed E-state index contributed by atoms with van der Waals surface area (Å²) < 4.78 is 5.25. The minimum atomic E-state index is -0.460. The van der Waals surface area contributed by atoms with Crippen molar-refractivity contribution in [2.75, 3.05) is 0 Å². The zero-order valence-electron chi connectivity index (χ0n) is 12.5. The molecule has 0 fully saturated rings. The lowest BCUT2D eigenvalue weighted by Crippen LogP contribution is -1.91. The van der Waals surface area contributed by atoms with E-state index >= 15 is 0 Å². The molecule has 0 aliphatic carbocycles. The normalized spacial score (nSPS) is 10.8. The van der Waals surface area contributed by atoms with Crippen LogP contribution in [0.15, 0.2) is 70.3 Å². The number of rotatable bonds is 6. The fourth-order valence-corrected chi connectivity index (χ4v) is 2.04. The highest BCUT2D eigenvalue weighted by Crippen LogP contribution is 2.20. The highest BCUT2D eigenvalue weighted by Gasteiger charge is 2.07. The summed E-state index contributed by atoms with van der Waals surface area (Å²) >= 11 is 0. The largest absolute Gasteiger partial charge is 0.389 e. The molecule has 0 saturated heterocycles. The lowest BCUT2D eigenvalue weighted by atomic mass is 10.2. The van der Waals surface area contributed by atoms with Gasteiger partial charge in [0.05, 0.1) is 11.1 Å². The van der Waals surface area contributed by atoms with E-state index in [0.29, 0.717) is 17.0 Å². The summed E-state index contributed by atoms with van der Waals surface area (Å²) in [5, 5.41) is 18.4. The van der Waals surface area contributed by atoms with Crippen LogP contribution in [-0.2, 0) is 11.4 Å². The molecule has 0 amide bonds. The van der Waals surface area contributed by atoms with E-state index in [1.807, 2.05) is 30.3 Å². The second kappa shape index (κ2) is 7.19. The van der Waals surface area contributed by atoms with Crippen molar-refractivity contribution in [3.8, 4) is 11.3 Å². The topological polar surface area (TPSA) is 90.8 Å². The van der Waals surface area contributed by atoms with Crippen molar-refractivity contribution in [1.82, 2.24) is 5.16 Å². The van der Waals surface area contributed by atoms with Crippen LogP contribution in [0.5, 0.6) is 0 Å². The fraction of sp³-hybridized carbons (Fsp3) is 0.0588. The number of hydrogen-bond acceptors (Lipinski definition) is 6. The van der Waals surface area contributed by atoms with Crippen molar-refractivity contribution in [3.05, 3.63) is 82.0 Å². The molecule has 7 heteroatoms. The minimum Gasteiger partial charge on any atom is -0.389 e. The van der Waals surface area contributed by atoms with Gasteiger partial charge >= 0.3 is 0 Å². The molecule has 1 heterocycles. The van der Waals surface area contributed by atoms with Crippen molar-refractivity contribution < 1.29 is 14.3 Å². The molecular formula is C17H13N3O4. The number of nitro benzene ring substituents is 1. The Morgan fingerprint density at radius 3 is 2.79 bits per heavy atom. The van der Waals surface area contributed by atoms with Gasteiger partial charge in [-0.15, -0.1) is 0 Å². The van der Waals surface area contributed by atoms with Gasteiger partial charge in [0.25, 0.3) is 5.69 Å². The number of aromatic nitrogens is 1. The molecule has 0 saturated carbocycles. The molecule has 2 aromatic carbocycles. The van der Waals surface area contributed by atoms with E-state index in [4.69, 9.17) is 9.36 Å². The lowest BCUT2D eigenvalue weighted by Gasteiger charge is -1.95. The maximum absolute atomic E-state index is 10.7. The first-order chi connectivity index (χ1) is 11.7. The maximum atomic E-state index is 10.7. The van der Waals surface area contributed by atoms with Crippen LogP contribution in [0.3, 0.4) is 0 Å². The summed E-state index contributed by atoms with van der Waals surface area (Å²) in [6, 6.07) is 17.5. The van der Waals surface area contributed by atoms with Crippen LogP contribution in [0.2, 0.25) is 0 Å². The monoisotopic (exact) mass is 323 g/mol. The molecule has 24 heavy (non-hydrogen) atoms. The SMILES string of the molecule is O=[N+]([O-])c1cccc(/C=N\OCc2cc(-c3ccccc3)on2)c1. The lowest BCUT2D eigenvalue weighted by molar-refractivity contribution is -0.384. The third-order valence-electron chi connectivity index (χ3n) is 3.19. The number of nitrogens with zero attached hydrogens (tertiary/aromatic N) is 3. The van der Waals surface area contributed by atoms with E-state index in [0.717, 1.165) is 5.56 Å². The van der Waals surface area contributed by atoms with E-state index in [1.165, 1.54) is 18.3 Å². The molecule has 0 bridgehead atoms. The molecule has 0 N–H and O–H groups in total. The Hall–Kier alpha value is -3.48. The van der Waals surface area contributed by atoms with E-state index in [-0.39, 0.29) is 12.3 Å². The van der Waals surface area contributed by atoms with Crippen LogP contribution in [0.25, 0.3) is 11.3 Å². The predicted molar refractivity (Wildman–Crippen MR) is 87.4 cm³/mol. The summed E-state index contributed by atoms with van der Waals surface area (Å²) in [6.45, 7) is 0.141. The summed E-state index contributed by atoms with van der Waals surface area (Å²) in [7, 11) is 0. The number of nitro groups is 1. The van der Waals surface area contributed by atoms with Crippen LogP contribution in [0, 0.1) is 10.1 Å². The second-order valence-corrected chi connectivity index (χ2v) is 4.91. The zero-order chi connectivity index (χ0) is 16.8. The fourth-order valence-electron chi connectivity index (χ4n) is 2.04. The zero-order valence-corrected chi connectivity index (χ0v) is 12.5. The molecule has 0 radical (unpaired) electrons.